The smallest absolute Gasteiger partial charge is 0.273 e. The molecule has 1 aromatic heterocycles. The standard InChI is InChI=1S/C23H25N3O4S/c1-16-21(30-19-8-4-3-7-18(19)29-16)22(27)26(11-10-25-12-14-28-15-13-25)23-24-17-6-2-5-9-20(17)31-23/h2-9,16,21H,10-15H2,1H3. The van der Waals surface area contributed by atoms with Gasteiger partial charge in [0.1, 0.15) is 6.10 Å². The zero-order chi connectivity index (χ0) is 21.2. The Morgan fingerprint density at radius 1 is 1.10 bits per heavy atom. The number of carbonyl (C=O) groups excluding carboxylic acids is 1. The number of morpholine rings is 1. The fraction of sp³-hybridized carbons (Fsp3) is 0.391. The third-order valence-corrected chi connectivity index (χ3v) is 6.67. The van der Waals surface area contributed by atoms with E-state index in [4.69, 9.17) is 19.2 Å². The molecular formula is C23H25N3O4S. The average Bonchev–Trinajstić information content (AvgIpc) is 3.23. The lowest BCUT2D eigenvalue weighted by atomic mass is 10.1. The van der Waals surface area contributed by atoms with Crippen molar-refractivity contribution in [2.24, 2.45) is 0 Å². The molecule has 0 spiro atoms. The molecule has 2 aromatic carbocycles. The molecule has 2 aliphatic heterocycles. The molecule has 8 heteroatoms. The monoisotopic (exact) mass is 439 g/mol. The Morgan fingerprint density at radius 2 is 1.81 bits per heavy atom. The van der Waals surface area contributed by atoms with Crippen LogP contribution in [0.15, 0.2) is 48.5 Å². The number of thiazole rings is 1. The van der Waals surface area contributed by atoms with Crippen molar-refractivity contribution in [2.45, 2.75) is 19.1 Å². The maximum Gasteiger partial charge on any atom is 0.273 e. The molecular weight excluding hydrogens is 414 g/mol. The molecule has 7 nitrogen and oxygen atoms in total. The number of para-hydroxylation sites is 3. The lowest BCUT2D eigenvalue weighted by Gasteiger charge is -2.34. The summed E-state index contributed by atoms with van der Waals surface area (Å²) in [7, 11) is 0. The molecule has 2 aliphatic rings. The number of rotatable bonds is 5. The molecule has 0 saturated carbocycles. The molecule has 0 bridgehead atoms. The van der Waals surface area contributed by atoms with Crippen LogP contribution in [-0.2, 0) is 9.53 Å². The topological polar surface area (TPSA) is 64.1 Å². The molecule has 162 valence electrons. The van der Waals surface area contributed by atoms with Gasteiger partial charge in [-0.15, -0.1) is 0 Å². The van der Waals surface area contributed by atoms with Gasteiger partial charge in [0.25, 0.3) is 5.91 Å². The first kappa shape index (κ1) is 20.2. The van der Waals surface area contributed by atoms with E-state index in [1.54, 1.807) is 4.90 Å². The molecule has 0 radical (unpaired) electrons. The molecule has 1 amide bonds. The van der Waals surface area contributed by atoms with E-state index in [0.29, 0.717) is 23.2 Å². The Bertz CT molecular complexity index is 1030. The number of anilines is 1. The highest BCUT2D eigenvalue weighted by atomic mass is 32.1. The minimum absolute atomic E-state index is 0.130. The van der Waals surface area contributed by atoms with Gasteiger partial charge in [-0.05, 0) is 31.2 Å². The average molecular weight is 440 g/mol. The van der Waals surface area contributed by atoms with Crippen molar-refractivity contribution in [3.05, 3.63) is 48.5 Å². The van der Waals surface area contributed by atoms with E-state index in [2.05, 4.69) is 4.90 Å². The van der Waals surface area contributed by atoms with Gasteiger partial charge < -0.3 is 14.2 Å². The Hall–Kier alpha value is -2.68. The van der Waals surface area contributed by atoms with E-state index < -0.39 is 12.2 Å². The van der Waals surface area contributed by atoms with Crippen molar-refractivity contribution in [2.75, 3.05) is 44.3 Å². The summed E-state index contributed by atoms with van der Waals surface area (Å²) in [6.45, 7) is 6.35. The predicted molar refractivity (Wildman–Crippen MR) is 120 cm³/mol. The summed E-state index contributed by atoms with van der Waals surface area (Å²) in [4.78, 5) is 22.5. The van der Waals surface area contributed by atoms with E-state index in [9.17, 15) is 4.79 Å². The number of nitrogens with zero attached hydrogens (tertiary/aromatic N) is 3. The number of amides is 1. The molecule has 0 N–H and O–H groups in total. The first-order valence-corrected chi connectivity index (χ1v) is 11.4. The number of hydrogen-bond donors (Lipinski definition) is 0. The molecule has 1 fully saturated rings. The Labute approximate surface area is 185 Å². The largest absolute Gasteiger partial charge is 0.482 e. The summed E-state index contributed by atoms with van der Waals surface area (Å²) in [5.41, 5.74) is 0.894. The predicted octanol–water partition coefficient (Wildman–Crippen LogP) is 3.19. The number of ether oxygens (including phenoxy) is 3. The van der Waals surface area contributed by atoms with Gasteiger partial charge in [-0.3, -0.25) is 14.6 Å². The molecule has 2 atom stereocenters. The van der Waals surface area contributed by atoms with Crippen LogP contribution in [0.1, 0.15) is 6.92 Å². The fourth-order valence-corrected chi connectivity index (χ4v) is 4.88. The summed E-state index contributed by atoms with van der Waals surface area (Å²) >= 11 is 1.53. The number of benzene rings is 2. The van der Waals surface area contributed by atoms with Gasteiger partial charge in [-0.2, -0.15) is 0 Å². The quantitative estimate of drug-likeness (QED) is 0.609. The summed E-state index contributed by atoms with van der Waals surface area (Å²) < 4.78 is 18.6. The third-order valence-electron chi connectivity index (χ3n) is 5.61. The van der Waals surface area contributed by atoms with Crippen molar-refractivity contribution in [1.29, 1.82) is 0 Å². The zero-order valence-corrected chi connectivity index (χ0v) is 18.2. The van der Waals surface area contributed by atoms with Crippen LogP contribution in [0.5, 0.6) is 11.5 Å². The Balaban J connectivity index is 1.42. The summed E-state index contributed by atoms with van der Waals surface area (Å²) in [6, 6.07) is 15.4. The number of fused-ring (bicyclic) bond motifs is 2. The molecule has 3 aromatic rings. The molecule has 5 rings (SSSR count). The van der Waals surface area contributed by atoms with Gasteiger partial charge in [-0.25, -0.2) is 4.98 Å². The summed E-state index contributed by atoms with van der Waals surface area (Å²) in [6.07, 6.45) is -1.13. The number of hydrogen-bond acceptors (Lipinski definition) is 7. The Morgan fingerprint density at radius 3 is 2.58 bits per heavy atom. The second-order valence-corrected chi connectivity index (χ2v) is 8.73. The van der Waals surface area contributed by atoms with Crippen LogP contribution in [0.3, 0.4) is 0 Å². The Kier molecular flexibility index (Phi) is 5.76. The number of aromatic nitrogens is 1. The van der Waals surface area contributed by atoms with Crippen molar-refractivity contribution >= 4 is 32.6 Å². The molecule has 2 unspecified atom stereocenters. The molecule has 31 heavy (non-hydrogen) atoms. The molecule has 3 heterocycles. The van der Waals surface area contributed by atoms with Gasteiger partial charge >= 0.3 is 0 Å². The first-order valence-electron chi connectivity index (χ1n) is 10.6. The van der Waals surface area contributed by atoms with E-state index in [1.807, 2.05) is 55.5 Å². The molecule has 1 saturated heterocycles. The van der Waals surface area contributed by atoms with E-state index in [-0.39, 0.29) is 5.91 Å². The van der Waals surface area contributed by atoms with Gasteiger partial charge in [0.2, 0.25) is 6.10 Å². The maximum atomic E-state index is 13.7. The molecule has 0 aliphatic carbocycles. The van der Waals surface area contributed by atoms with Gasteiger partial charge in [0.05, 0.1) is 23.4 Å². The summed E-state index contributed by atoms with van der Waals surface area (Å²) in [5, 5.41) is 0.689. The van der Waals surface area contributed by atoms with Crippen LogP contribution in [0.25, 0.3) is 10.2 Å². The van der Waals surface area contributed by atoms with E-state index >= 15 is 0 Å². The van der Waals surface area contributed by atoms with Crippen LogP contribution in [0.2, 0.25) is 0 Å². The first-order chi connectivity index (χ1) is 15.2. The lowest BCUT2D eigenvalue weighted by Crippen LogP contribution is -2.52. The normalized spacial score (nSPS) is 21.2. The summed E-state index contributed by atoms with van der Waals surface area (Å²) in [5.74, 6) is 1.13. The zero-order valence-electron chi connectivity index (χ0n) is 17.4. The van der Waals surface area contributed by atoms with E-state index in [0.717, 1.165) is 43.1 Å². The minimum Gasteiger partial charge on any atom is -0.482 e. The van der Waals surface area contributed by atoms with Crippen molar-refractivity contribution in [1.82, 2.24) is 9.88 Å². The van der Waals surface area contributed by atoms with Crippen LogP contribution in [-0.4, -0.2) is 67.4 Å². The fourth-order valence-electron chi connectivity index (χ4n) is 3.89. The van der Waals surface area contributed by atoms with Gasteiger partial charge in [-0.1, -0.05) is 35.6 Å². The van der Waals surface area contributed by atoms with Crippen molar-refractivity contribution in [3.8, 4) is 11.5 Å². The maximum absolute atomic E-state index is 13.7. The van der Waals surface area contributed by atoms with Crippen LogP contribution < -0.4 is 14.4 Å². The van der Waals surface area contributed by atoms with Crippen LogP contribution >= 0.6 is 11.3 Å². The van der Waals surface area contributed by atoms with E-state index in [1.165, 1.54) is 11.3 Å². The van der Waals surface area contributed by atoms with Crippen molar-refractivity contribution < 1.29 is 19.0 Å². The van der Waals surface area contributed by atoms with Gasteiger partial charge in [0.15, 0.2) is 16.6 Å². The minimum atomic E-state index is -0.730. The van der Waals surface area contributed by atoms with Crippen LogP contribution in [0.4, 0.5) is 5.13 Å². The SMILES string of the molecule is CC1Oc2ccccc2OC1C(=O)N(CCN1CCOCC1)c1nc2ccccc2s1. The van der Waals surface area contributed by atoms with Crippen LogP contribution in [0, 0.1) is 0 Å². The van der Waals surface area contributed by atoms with Crippen molar-refractivity contribution in [3.63, 3.8) is 0 Å². The second-order valence-electron chi connectivity index (χ2n) is 7.72. The third kappa shape index (κ3) is 4.23. The lowest BCUT2D eigenvalue weighted by molar-refractivity contribution is -0.130. The highest BCUT2D eigenvalue weighted by Crippen LogP contribution is 2.35. The van der Waals surface area contributed by atoms with Gasteiger partial charge in [0, 0.05) is 26.2 Å². The highest BCUT2D eigenvalue weighted by molar-refractivity contribution is 7.22. The highest BCUT2D eigenvalue weighted by Gasteiger charge is 2.38. The number of carbonyl (C=O) groups is 1. The second kappa shape index (κ2) is 8.82.